The van der Waals surface area contributed by atoms with Gasteiger partial charge in [-0.15, -0.1) is 0 Å². The molecule has 1 aromatic carbocycles. The van der Waals surface area contributed by atoms with E-state index in [1.807, 2.05) is 26.1 Å². The number of nitrogens with zero attached hydrogens (tertiary/aromatic N) is 2. The molecular weight excluding hydrogens is 286 g/mol. The number of benzene rings is 1. The van der Waals surface area contributed by atoms with Crippen molar-refractivity contribution in [1.82, 2.24) is 9.78 Å². The van der Waals surface area contributed by atoms with Crippen LogP contribution in [0.3, 0.4) is 0 Å². The molecule has 0 unspecified atom stereocenters. The van der Waals surface area contributed by atoms with Crippen molar-refractivity contribution in [2.24, 2.45) is 7.05 Å². The summed E-state index contributed by atoms with van der Waals surface area (Å²) >= 11 is 6.36. The molecule has 0 radical (unpaired) electrons. The molecule has 0 atom stereocenters. The van der Waals surface area contributed by atoms with Crippen LogP contribution in [0.5, 0.6) is 0 Å². The summed E-state index contributed by atoms with van der Waals surface area (Å²) in [5.41, 5.74) is 2.26. The third kappa shape index (κ3) is 2.10. The average molecular weight is 307 g/mol. The molecule has 2 heterocycles. The van der Waals surface area contributed by atoms with Crippen molar-refractivity contribution in [2.75, 3.05) is 0 Å². The van der Waals surface area contributed by atoms with Crippen LogP contribution >= 0.6 is 11.6 Å². The van der Waals surface area contributed by atoms with Gasteiger partial charge in [0.05, 0.1) is 16.7 Å². The topological polar surface area (TPSA) is 36.3 Å². The first-order valence-corrected chi connectivity index (χ1v) is 7.49. The van der Waals surface area contributed by atoms with E-state index in [0.717, 1.165) is 21.9 Å². The first kappa shape index (κ1) is 14.9. The van der Waals surface area contributed by atoms with Gasteiger partial charge in [-0.3, -0.25) is 4.68 Å². The Morgan fingerprint density at radius 2 is 1.71 bits per heavy atom. The molecule has 1 fully saturated rings. The Balaban J connectivity index is 2.11. The Morgan fingerprint density at radius 1 is 1.14 bits per heavy atom. The zero-order valence-corrected chi connectivity index (χ0v) is 14.1. The summed E-state index contributed by atoms with van der Waals surface area (Å²) in [4.78, 5) is 0. The van der Waals surface area contributed by atoms with E-state index in [9.17, 15) is 0 Å². The van der Waals surface area contributed by atoms with Crippen LogP contribution in [0.25, 0.3) is 10.9 Å². The number of rotatable bonds is 1. The molecule has 0 saturated carbocycles. The van der Waals surface area contributed by atoms with Crippen molar-refractivity contribution in [3.05, 3.63) is 22.8 Å². The lowest BCUT2D eigenvalue weighted by Crippen LogP contribution is -2.41. The molecule has 0 N–H and O–H groups in total. The normalized spacial score (nSPS) is 20.4. The molecule has 1 saturated heterocycles. The maximum absolute atomic E-state index is 6.36. The highest BCUT2D eigenvalue weighted by Crippen LogP contribution is 2.37. The van der Waals surface area contributed by atoms with Gasteiger partial charge in [0.1, 0.15) is 5.15 Å². The van der Waals surface area contributed by atoms with E-state index in [-0.39, 0.29) is 18.3 Å². The lowest BCUT2D eigenvalue weighted by molar-refractivity contribution is 0.00578. The van der Waals surface area contributed by atoms with Gasteiger partial charge in [-0.1, -0.05) is 17.7 Å². The van der Waals surface area contributed by atoms with E-state index in [4.69, 9.17) is 20.9 Å². The summed E-state index contributed by atoms with van der Waals surface area (Å²) in [6.07, 6.45) is 0. The van der Waals surface area contributed by atoms with Crippen LogP contribution in [-0.4, -0.2) is 28.1 Å². The minimum Gasteiger partial charge on any atom is -0.399 e. The second-order valence-corrected chi connectivity index (χ2v) is 7.03. The highest BCUT2D eigenvalue weighted by Gasteiger charge is 2.52. The van der Waals surface area contributed by atoms with Gasteiger partial charge < -0.3 is 9.31 Å². The van der Waals surface area contributed by atoms with E-state index in [2.05, 4.69) is 32.8 Å². The smallest absolute Gasteiger partial charge is 0.399 e. The minimum absolute atomic E-state index is 0.349. The van der Waals surface area contributed by atoms with Crippen molar-refractivity contribution in [3.8, 4) is 0 Å². The Bertz CT molecular complexity index is 708. The molecule has 0 bridgehead atoms. The maximum atomic E-state index is 6.36. The largest absolute Gasteiger partial charge is 0.495 e. The lowest BCUT2D eigenvalue weighted by Gasteiger charge is -2.32. The lowest BCUT2D eigenvalue weighted by atomic mass is 9.75. The number of fused-ring (bicyclic) bond motifs is 1. The first-order chi connectivity index (χ1) is 9.64. The average Bonchev–Trinajstić information content (AvgIpc) is 2.75. The monoisotopic (exact) mass is 306 g/mol. The summed E-state index contributed by atoms with van der Waals surface area (Å²) in [5.74, 6) is 0. The van der Waals surface area contributed by atoms with E-state index in [1.165, 1.54) is 0 Å². The minimum atomic E-state index is -0.379. The Labute approximate surface area is 130 Å². The van der Waals surface area contributed by atoms with E-state index in [1.54, 1.807) is 4.68 Å². The molecule has 4 nitrogen and oxygen atoms in total. The predicted octanol–water partition coefficient (Wildman–Crippen LogP) is 2.83. The number of hydrogen-bond acceptors (Lipinski definition) is 3. The second-order valence-electron chi connectivity index (χ2n) is 6.68. The van der Waals surface area contributed by atoms with Gasteiger partial charge >= 0.3 is 7.12 Å². The zero-order chi connectivity index (χ0) is 15.6. The molecule has 2 aromatic rings. The van der Waals surface area contributed by atoms with Gasteiger partial charge in [0.15, 0.2) is 0 Å². The standard InChI is InChI=1S/C15H20BClN2O2/c1-9-10(16-20-14(2,3)15(4,5)21-16)7-8-11-12(9)13(17)19(6)18-11/h7-8H,1-6H3. The van der Waals surface area contributed by atoms with Crippen molar-refractivity contribution in [1.29, 1.82) is 0 Å². The molecule has 6 heteroatoms. The molecular formula is C15H20BClN2O2. The second kappa shape index (κ2) is 4.48. The molecule has 1 aliphatic rings. The molecule has 1 aliphatic heterocycles. The highest BCUT2D eigenvalue weighted by molar-refractivity contribution is 6.63. The first-order valence-electron chi connectivity index (χ1n) is 7.11. The van der Waals surface area contributed by atoms with Crippen molar-refractivity contribution in [2.45, 2.75) is 45.8 Å². The number of aryl methyl sites for hydroxylation is 2. The van der Waals surface area contributed by atoms with Crippen LogP contribution in [0.2, 0.25) is 5.15 Å². The number of aromatic nitrogens is 2. The molecule has 112 valence electrons. The summed E-state index contributed by atoms with van der Waals surface area (Å²) < 4.78 is 14.0. The van der Waals surface area contributed by atoms with Crippen LogP contribution in [0.4, 0.5) is 0 Å². The van der Waals surface area contributed by atoms with Gasteiger partial charge in [-0.25, -0.2) is 0 Å². The summed E-state index contributed by atoms with van der Waals surface area (Å²) in [5, 5.41) is 6.01. The van der Waals surface area contributed by atoms with Crippen molar-refractivity contribution < 1.29 is 9.31 Å². The van der Waals surface area contributed by atoms with E-state index >= 15 is 0 Å². The molecule has 0 spiro atoms. The fourth-order valence-electron chi connectivity index (χ4n) is 2.65. The maximum Gasteiger partial charge on any atom is 0.495 e. The van der Waals surface area contributed by atoms with Crippen LogP contribution in [0, 0.1) is 6.92 Å². The van der Waals surface area contributed by atoms with E-state index in [0.29, 0.717) is 5.15 Å². The summed E-state index contributed by atoms with van der Waals surface area (Å²) in [7, 11) is 1.46. The molecule has 0 amide bonds. The third-order valence-electron chi connectivity index (χ3n) is 4.74. The van der Waals surface area contributed by atoms with Gasteiger partial charge in [0.2, 0.25) is 0 Å². The SMILES string of the molecule is Cc1c(B2OC(C)(C)C(C)(C)O2)ccc2nn(C)c(Cl)c12. The zero-order valence-electron chi connectivity index (χ0n) is 13.3. The Kier molecular flexibility index (Phi) is 3.17. The number of hydrogen-bond donors (Lipinski definition) is 0. The summed E-state index contributed by atoms with van der Waals surface area (Å²) in [6, 6.07) is 3.98. The van der Waals surface area contributed by atoms with Crippen molar-refractivity contribution in [3.63, 3.8) is 0 Å². The molecule has 1 aromatic heterocycles. The fourth-order valence-corrected chi connectivity index (χ4v) is 2.93. The molecule has 21 heavy (non-hydrogen) atoms. The van der Waals surface area contributed by atoms with Crippen LogP contribution < -0.4 is 5.46 Å². The van der Waals surface area contributed by atoms with Crippen LogP contribution in [-0.2, 0) is 16.4 Å². The quantitative estimate of drug-likeness (QED) is 0.760. The Morgan fingerprint density at radius 3 is 2.29 bits per heavy atom. The van der Waals surface area contributed by atoms with Crippen LogP contribution in [0.15, 0.2) is 12.1 Å². The number of halogens is 1. The highest BCUT2D eigenvalue weighted by atomic mass is 35.5. The molecule has 0 aliphatic carbocycles. The summed E-state index contributed by atoms with van der Waals surface area (Å²) in [6.45, 7) is 10.3. The van der Waals surface area contributed by atoms with Crippen LogP contribution in [0.1, 0.15) is 33.3 Å². The van der Waals surface area contributed by atoms with Gasteiger partial charge in [0, 0.05) is 12.4 Å². The van der Waals surface area contributed by atoms with E-state index < -0.39 is 0 Å². The van der Waals surface area contributed by atoms with Crippen molar-refractivity contribution >= 4 is 35.1 Å². The predicted molar refractivity (Wildman–Crippen MR) is 86.2 cm³/mol. The third-order valence-corrected chi connectivity index (χ3v) is 5.17. The van der Waals surface area contributed by atoms with Gasteiger partial charge in [-0.05, 0) is 51.7 Å². The van der Waals surface area contributed by atoms with Gasteiger partial charge in [-0.2, -0.15) is 5.10 Å². The van der Waals surface area contributed by atoms with Gasteiger partial charge in [0.25, 0.3) is 0 Å². The molecule has 3 rings (SSSR count). The fraction of sp³-hybridized carbons (Fsp3) is 0.533. The Hall–Kier alpha value is -1.04.